The quantitative estimate of drug-likeness (QED) is 0.321. The van der Waals surface area contributed by atoms with Crippen molar-refractivity contribution in [3.63, 3.8) is 0 Å². The molecule has 0 aromatic carbocycles. The maximum Gasteiger partial charge on any atom is 0.303 e. The molecule has 0 aliphatic carbocycles. The molecule has 14 heteroatoms. The summed E-state index contributed by atoms with van der Waals surface area (Å²) < 4.78 is 64.0. The molecule has 216 valence electrons. The van der Waals surface area contributed by atoms with Gasteiger partial charge in [-0.25, -0.2) is 0 Å². The van der Waals surface area contributed by atoms with E-state index in [0.717, 1.165) is 0 Å². The molecule has 4 fully saturated rings. The number of rotatable bonds is 7. The van der Waals surface area contributed by atoms with E-state index in [1.165, 1.54) is 34.8 Å². The standard InChI is InChI=1S/C24H36O14/c1-10-15(18-20(21(28-8)30-10)35-23(5,6)34-18)36-24(7)37-19-17(32-13(4)27)16(31-12(3)26)14(9-29-11(2)25)33-22(19)38-24/h10,14-22H,9H2,1-8H3/t10-,14+,15-,16+,17-,18+,19+,20+,21+,22+,24?/m0/s1. The van der Waals surface area contributed by atoms with Crippen LogP contribution in [0.4, 0.5) is 0 Å². The van der Waals surface area contributed by atoms with Crippen LogP contribution >= 0.6 is 0 Å². The third-order valence-electron chi connectivity index (χ3n) is 6.48. The Morgan fingerprint density at radius 3 is 2.00 bits per heavy atom. The summed E-state index contributed by atoms with van der Waals surface area (Å²) in [5.74, 6) is -4.53. The topological polar surface area (TPSA) is 153 Å². The monoisotopic (exact) mass is 548 g/mol. The molecule has 0 saturated carbocycles. The molecule has 0 N–H and O–H groups in total. The Morgan fingerprint density at radius 1 is 0.763 bits per heavy atom. The van der Waals surface area contributed by atoms with Crippen molar-refractivity contribution < 1.29 is 66.5 Å². The minimum Gasteiger partial charge on any atom is -0.463 e. The molecular weight excluding hydrogens is 512 g/mol. The Balaban J connectivity index is 1.57. The molecular formula is C24H36O14. The summed E-state index contributed by atoms with van der Waals surface area (Å²) in [4.78, 5) is 35.3. The third kappa shape index (κ3) is 6.12. The fourth-order valence-electron chi connectivity index (χ4n) is 5.15. The predicted octanol–water partition coefficient (Wildman–Crippen LogP) is 0.523. The number of methoxy groups -OCH3 is 1. The van der Waals surface area contributed by atoms with Crippen molar-refractivity contribution in [2.45, 2.75) is 122 Å². The second-order valence-electron chi connectivity index (χ2n) is 10.1. The zero-order chi connectivity index (χ0) is 28.0. The largest absolute Gasteiger partial charge is 0.463 e. The second-order valence-corrected chi connectivity index (χ2v) is 10.1. The fraction of sp³-hybridized carbons (Fsp3) is 0.875. The highest BCUT2D eigenvalue weighted by molar-refractivity contribution is 5.68. The van der Waals surface area contributed by atoms with Crippen molar-refractivity contribution in [2.24, 2.45) is 0 Å². The Kier molecular flexibility index (Phi) is 8.36. The van der Waals surface area contributed by atoms with Crippen LogP contribution in [0.25, 0.3) is 0 Å². The van der Waals surface area contributed by atoms with E-state index in [-0.39, 0.29) is 6.61 Å². The van der Waals surface area contributed by atoms with Gasteiger partial charge in [0.25, 0.3) is 5.97 Å². The summed E-state index contributed by atoms with van der Waals surface area (Å²) in [6, 6.07) is 0. The zero-order valence-corrected chi connectivity index (χ0v) is 22.7. The van der Waals surface area contributed by atoms with Crippen LogP contribution in [0, 0.1) is 0 Å². The highest BCUT2D eigenvalue weighted by Crippen LogP contribution is 2.44. The molecule has 0 aromatic rings. The highest BCUT2D eigenvalue weighted by Gasteiger charge is 2.62. The normalized spacial score (nSPS) is 43.6. The molecule has 38 heavy (non-hydrogen) atoms. The molecule has 14 nitrogen and oxygen atoms in total. The van der Waals surface area contributed by atoms with Crippen LogP contribution in [0.5, 0.6) is 0 Å². The molecule has 4 aliphatic rings. The lowest BCUT2D eigenvalue weighted by Gasteiger charge is -2.42. The van der Waals surface area contributed by atoms with Crippen LogP contribution in [-0.2, 0) is 66.5 Å². The number of fused-ring (bicyclic) bond motifs is 2. The summed E-state index contributed by atoms with van der Waals surface area (Å²) in [5, 5.41) is 0. The van der Waals surface area contributed by atoms with Gasteiger partial charge >= 0.3 is 17.9 Å². The summed E-state index contributed by atoms with van der Waals surface area (Å²) >= 11 is 0. The van der Waals surface area contributed by atoms with Crippen molar-refractivity contribution in [1.82, 2.24) is 0 Å². The predicted molar refractivity (Wildman–Crippen MR) is 121 cm³/mol. The highest BCUT2D eigenvalue weighted by atomic mass is 17.0. The molecule has 4 aliphatic heterocycles. The second kappa shape index (κ2) is 10.9. The summed E-state index contributed by atoms with van der Waals surface area (Å²) in [6.07, 6.45) is -8.63. The Labute approximate surface area is 220 Å². The van der Waals surface area contributed by atoms with Crippen molar-refractivity contribution in [2.75, 3.05) is 13.7 Å². The van der Waals surface area contributed by atoms with Gasteiger partial charge in [0.1, 0.15) is 31.0 Å². The molecule has 0 spiro atoms. The van der Waals surface area contributed by atoms with Crippen LogP contribution in [-0.4, -0.2) is 105 Å². The molecule has 0 aromatic heterocycles. The molecule has 0 amide bonds. The average molecular weight is 549 g/mol. The van der Waals surface area contributed by atoms with Gasteiger partial charge in [-0.15, -0.1) is 0 Å². The van der Waals surface area contributed by atoms with E-state index in [2.05, 4.69) is 0 Å². The Hall–Kier alpha value is -1.91. The molecule has 11 atom stereocenters. The van der Waals surface area contributed by atoms with E-state index in [1.807, 2.05) is 0 Å². The summed E-state index contributed by atoms with van der Waals surface area (Å²) in [6.45, 7) is 10.2. The first kappa shape index (κ1) is 29.1. The number of esters is 3. The van der Waals surface area contributed by atoms with Gasteiger partial charge in [-0.1, -0.05) is 0 Å². The molecule has 0 bridgehead atoms. The first-order chi connectivity index (χ1) is 17.7. The lowest BCUT2D eigenvalue weighted by Crippen LogP contribution is -2.60. The van der Waals surface area contributed by atoms with Crippen LogP contribution in [0.15, 0.2) is 0 Å². The van der Waals surface area contributed by atoms with Crippen molar-refractivity contribution in [3.05, 3.63) is 0 Å². The maximum atomic E-state index is 12.0. The van der Waals surface area contributed by atoms with Gasteiger partial charge in [0.15, 0.2) is 36.7 Å². The minimum atomic E-state index is -1.73. The third-order valence-corrected chi connectivity index (χ3v) is 6.48. The first-order valence-corrected chi connectivity index (χ1v) is 12.4. The van der Waals surface area contributed by atoms with Gasteiger partial charge in [-0.3, -0.25) is 19.1 Å². The number of hydrogen-bond donors (Lipinski definition) is 0. The number of carbonyl (C=O) groups excluding carboxylic acids is 3. The Morgan fingerprint density at radius 2 is 1.39 bits per heavy atom. The first-order valence-electron chi connectivity index (χ1n) is 12.4. The number of hydrogen-bond acceptors (Lipinski definition) is 14. The van der Waals surface area contributed by atoms with E-state index in [9.17, 15) is 14.4 Å². The van der Waals surface area contributed by atoms with Gasteiger partial charge in [0, 0.05) is 34.8 Å². The average Bonchev–Trinajstić information content (AvgIpc) is 3.30. The molecule has 4 saturated heterocycles. The maximum absolute atomic E-state index is 12.0. The van der Waals surface area contributed by atoms with Gasteiger partial charge in [-0.2, -0.15) is 0 Å². The van der Waals surface area contributed by atoms with E-state index in [1.54, 1.807) is 20.8 Å². The summed E-state index contributed by atoms with van der Waals surface area (Å²) in [5.41, 5.74) is 0. The molecule has 0 radical (unpaired) electrons. The Bertz CT molecular complexity index is 909. The minimum absolute atomic E-state index is 0.287. The van der Waals surface area contributed by atoms with E-state index < -0.39 is 91.1 Å². The molecule has 4 rings (SSSR count). The number of ether oxygens (including phenoxy) is 11. The van der Waals surface area contributed by atoms with Crippen molar-refractivity contribution in [1.29, 1.82) is 0 Å². The van der Waals surface area contributed by atoms with Crippen LogP contribution in [0.3, 0.4) is 0 Å². The lowest BCUT2D eigenvalue weighted by atomic mass is 9.98. The van der Waals surface area contributed by atoms with Gasteiger partial charge in [0.2, 0.25) is 0 Å². The van der Waals surface area contributed by atoms with Crippen molar-refractivity contribution in [3.8, 4) is 0 Å². The lowest BCUT2D eigenvalue weighted by molar-refractivity contribution is -0.389. The smallest absolute Gasteiger partial charge is 0.303 e. The zero-order valence-electron chi connectivity index (χ0n) is 22.7. The van der Waals surface area contributed by atoms with Crippen molar-refractivity contribution >= 4 is 17.9 Å². The van der Waals surface area contributed by atoms with E-state index in [4.69, 9.17) is 52.1 Å². The van der Waals surface area contributed by atoms with E-state index >= 15 is 0 Å². The van der Waals surface area contributed by atoms with Gasteiger partial charge < -0.3 is 47.4 Å². The summed E-state index contributed by atoms with van der Waals surface area (Å²) in [7, 11) is 1.51. The van der Waals surface area contributed by atoms with Crippen LogP contribution in [0.2, 0.25) is 0 Å². The van der Waals surface area contributed by atoms with Crippen LogP contribution < -0.4 is 0 Å². The number of carbonyl (C=O) groups is 3. The van der Waals surface area contributed by atoms with Crippen LogP contribution in [0.1, 0.15) is 48.5 Å². The fourth-order valence-corrected chi connectivity index (χ4v) is 5.15. The SMILES string of the molecule is CO[C@@H]1O[C@@H](C)[C@H](OC2(C)O[C@H]3O[C@H](COC(C)=O)[C@@H](OC(C)=O)[C@H](OC(C)=O)[C@H]3O2)[C@H]2OC(C)(C)O[C@@H]12. The van der Waals surface area contributed by atoms with Gasteiger partial charge in [-0.05, 0) is 20.8 Å². The van der Waals surface area contributed by atoms with E-state index in [0.29, 0.717) is 0 Å². The molecule has 4 heterocycles. The molecule has 1 unspecified atom stereocenters. The van der Waals surface area contributed by atoms with Gasteiger partial charge in [0.05, 0.1) is 6.10 Å².